The molecule has 0 amide bonds. The quantitative estimate of drug-likeness (QED) is 0.518. The number of aliphatic hydroxyl groups is 2. The van der Waals surface area contributed by atoms with Gasteiger partial charge in [-0.2, -0.15) is 0 Å². The van der Waals surface area contributed by atoms with Crippen molar-refractivity contribution in [2.45, 2.75) is 13.2 Å². The lowest BCUT2D eigenvalue weighted by molar-refractivity contribution is 0.122. The fourth-order valence-corrected chi connectivity index (χ4v) is 4.46. The van der Waals surface area contributed by atoms with E-state index in [1.807, 2.05) is 40.9 Å². The van der Waals surface area contributed by atoms with Crippen molar-refractivity contribution in [3.63, 3.8) is 0 Å². The molecule has 0 bridgehead atoms. The second kappa shape index (κ2) is 8.19. The highest BCUT2D eigenvalue weighted by Gasteiger charge is 2.25. The van der Waals surface area contributed by atoms with Crippen LogP contribution in [-0.4, -0.2) is 53.2 Å². The van der Waals surface area contributed by atoms with Crippen molar-refractivity contribution in [3.05, 3.63) is 59.7 Å². The predicted molar refractivity (Wildman–Crippen MR) is 120 cm³/mol. The molecule has 2 aromatic heterocycles. The summed E-state index contributed by atoms with van der Waals surface area (Å²) >= 11 is 0. The van der Waals surface area contributed by atoms with Crippen LogP contribution in [0, 0.1) is 0 Å². The Bertz CT molecular complexity index is 1230. The largest absolute Gasteiger partial charge is 0.497 e. The van der Waals surface area contributed by atoms with Crippen molar-refractivity contribution in [1.82, 2.24) is 9.61 Å². The summed E-state index contributed by atoms with van der Waals surface area (Å²) in [6.07, 6.45) is 0. The maximum atomic E-state index is 10.3. The van der Waals surface area contributed by atoms with Crippen LogP contribution in [0.2, 0.25) is 0 Å². The van der Waals surface area contributed by atoms with Gasteiger partial charge in [0.2, 0.25) is 0 Å². The SMILES string of the molecule is COc1ccc(-c2c(CO)c(CO)c3c4ccccc4c(N4CCOCC4)nn23)cc1. The van der Waals surface area contributed by atoms with Crippen molar-refractivity contribution in [2.75, 3.05) is 38.3 Å². The van der Waals surface area contributed by atoms with Crippen molar-refractivity contribution in [3.8, 4) is 17.0 Å². The molecule has 2 aromatic carbocycles. The number of methoxy groups -OCH3 is 1. The normalized spacial score (nSPS) is 14.5. The van der Waals surface area contributed by atoms with E-state index in [2.05, 4.69) is 17.0 Å². The van der Waals surface area contributed by atoms with Gasteiger partial charge in [0.25, 0.3) is 0 Å². The third-order valence-corrected chi connectivity index (χ3v) is 5.97. The summed E-state index contributed by atoms with van der Waals surface area (Å²) in [6, 6.07) is 15.8. The Morgan fingerprint density at radius 3 is 2.26 bits per heavy atom. The first-order valence-corrected chi connectivity index (χ1v) is 10.4. The van der Waals surface area contributed by atoms with E-state index in [4.69, 9.17) is 14.6 Å². The fourth-order valence-electron chi connectivity index (χ4n) is 4.46. The van der Waals surface area contributed by atoms with Gasteiger partial charge in [-0.1, -0.05) is 24.3 Å². The molecule has 1 fully saturated rings. The molecule has 0 atom stereocenters. The van der Waals surface area contributed by atoms with Crippen LogP contribution >= 0.6 is 0 Å². The first-order chi connectivity index (χ1) is 15.3. The maximum Gasteiger partial charge on any atom is 0.157 e. The molecular weight excluding hydrogens is 394 g/mol. The van der Waals surface area contributed by atoms with Crippen LogP contribution in [-0.2, 0) is 18.0 Å². The minimum atomic E-state index is -0.193. The van der Waals surface area contributed by atoms with Crippen molar-refractivity contribution in [1.29, 1.82) is 0 Å². The lowest BCUT2D eigenvalue weighted by Gasteiger charge is -2.29. The Labute approximate surface area is 180 Å². The standard InChI is InChI=1S/C24H25N3O4/c1-30-17-8-6-16(7-9-17)22-20(14-28)21(15-29)23-18-4-2-3-5-19(18)24(25-27(22)23)26-10-12-31-13-11-26/h2-9,28-29H,10-15H2,1H3. The van der Waals surface area contributed by atoms with Gasteiger partial charge in [0.15, 0.2) is 5.82 Å². The topological polar surface area (TPSA) is 79.5 Å². The molecule has 0 spiro atoms. The zero-order chi connectivity index (χ0) is 21.4. The van der Waals surface area contributed by atoms with Gasteiger partial charge in [-0.05, 0) is 24.3 Å². The smallest absolute Gasteiger partial charge is 0.157 e. The monoisotopic (exact) mass is 419 g/mol. The minimum absolute atomic E-state index is 0.182. The van der Waals surface area contributed by atoms with Crippen LogP contribution < -0.4 is 9.64 Å². The van der Waals surface area contributed by atoms with E-state index >= 15 is 0 Å². The van der Waals surface area contributed by atoms with E-state index < -0.39 is 0 Å². The van der Waals surface area contributed by atoms with Gasteiger partial charge in [0.1, 0.15) is 5.75 Å². The third kappa shape index (κ3) is 3.22. The molecule has 5 rings (SSSR count). The van der Waals surface area contributed by atoms with Gasteiger partial charge in [-0.15, -0.1) is 5.10 Å². The number of ether oxygens (including phenoxy) is 2. The summed E-state index contributed by atoms with van der Waals surface area (Å²) in [6.45, 7) is 2.48. The van der Waals surface area contributed by atoms with E-state index in [1.165, 1.54) is 0 Å². The summed E-state index contributed by atoms with van der Waals surface area (Å²) in [5.74, 6) is 1.63. The van der Waals surface area contributed by atoms with Crippen molar-refractivity contribution < 1.29 is 19.7 Å². The molecule has 7 nitrogen and oxygen atoms in total. The van der Waals surface area contributed by atoms with Gasteiger partial charge in [0, 0.05) is 40.6 Å². The van der Waals surface area contributed by atoms with Crippen LogP contribution in [0.15, 0.2) is 48.5 Å². The third-order valence-electron chi connectivity index (χ3n) is 5.97. The molecule has 31 heavy (non-hydrogen) atoms. The molecule has 0 saturated carbocycles. The van der Waals surface area contributed by atoms with Gasteiger partial charge >= 0.3 is 0 Å². The Hall–Kier alpha value is -3.13. The van der Waals surface area contributed by atoms with Gasteiger partial charge in [-0.3, -0.25) is 0 Å². The van der Waals surface area contributed by atoms with Gasteiger partial charge < -0.3 is 24.6 Å². The highest BCUT2D eigenvalue weighted by molar-refractivity contribution is 6.04. The average Bonchev–Trinajstić information content (AvgIpc) is 3.17. The number of fused-ring (bicyclic) bond motifs is 3. The summed E-state index contributed by atoms with van der Waals surface area (Å²) in [7, 11) is 1.63. The molecule has 4 aromatic rings. The number of rotatable bonds is 5. The highest BCUT2D eigenvalue weighted by Crippen LogP contribution is 2.38. The number of aliphatic hydroxyl groups excluding tert-OH is 2. The number of benzene rings is 2. The van der Waals surface area contributed by atoms with Crippen molar-refractivity contribution in [2.24, 2.45) is 0 Å². The van der Waals surface area contributed by atoms with Crippen LogP contribution in [0.3, 0.4) is 0 Å². The number of anilines is 1. The van der Waals surface area contributed by atoms with E-state index in [0.29, 0.717) is 24.3 Å². The molecule has 0 aliphatic carbocycles. The van der Waals surface area contributed by atoms with Gasteiger partial charge in [0.05, 0.1) is 44.7 Å². The molecular formula is C24H25N3O4. The summed E-state index contributed by atoms with van der Waals surface area (Å²) in [5.41, 5.74) is 3.89. The Balaban J connectivity index is 1.86. The lowest BCUT2D eigenvalue weighted by Crippen LogP contribution is -2.37. The van der Waals surface area contributed by atoms with Crippen LogP contribution in [0.4, 0.5) is 5.82 Å². The molecule has 1 aliphatic heterocycles. The number of hydrogen-bond donors (Lipinski definition) is 2. The van der Waals surface area contributed by atoms with Crippen LogP contribution in [0.25, 0.3) is 27.5 Å². The van der Waals surface area contributed by atoms with Crippen LogP contribution in [0.1, 0.15) is 11.1 Å². The first-order valence-electron chi connectivity index (χ1n) is 10.4. The van der Waals surface area contributed by atoms with Crippen LogP contribution in [0.5, 0.6) is 5.75 Å². The molecule has 0 radical (unpaired) electrons. The highest BCUT2D eigenvalue weighted by atomic mass is 16.5. The maximum absolute atomic E-state index is 10.3. The minimum Gasteiger partial charge on any atom is -0.497 e. The second-order valence-corrected chi connectivity index (χ2v) is 7.58. The number of aromatic nitrogens is 2. The molecule has 160 valence electrons. The number of hydrogen-bond acceptors (Lipinski definition) is 6. The van der Waals surface area contributed by atoms with E-state index in [9.17, 15) is 10.2 Å². The van der Waals surface area contributed by atoms with Gasteiger partial charge in [-0.25, -0.2) is 4.52 Å². The van der Waals surface area contributed by atoms with Crippen molar-refractivity contribution >= 4 is 22.1 Å². The zero-order valence-corrected chi connectivity index (χ0v) is 17.4. The molecule has 2 N–H and O–H groups in total. The number of morpholine rings is 1. The molecule has 1 saturated heterocycles. The molecule has 7 heteroatoms. The van der Waals surface area contributed by atoms with E-state index in [-0.39, 0.29) is 13.2 Å². The van der Waals surface area contributed by atoms with E-state index in [1.54, 1.807) is 7.11 Å². The first kappa shape index (κ1) is 19.8. The Kier molecular flexibility index (Phi) is 5.23. The molecule has 3 heterocycles. The summed E-state index contributed by atoms with van der Waals surface area (Å²) in [4.78, 5) is 2.24. The number of nitrogens with zero attached hydrogens (tertiary/aromatic N) is 3. The molecule has 1 aliphatic rings. The lowest BCUT2D eigenvalue weighted by atomic mass is 10.0. The average molecular weight is 419 g/mol. The predicted octanol–water partition coefficient (Wildman–Crippen LogP) is 2.98. The zero-order valence-electron chi connectivity index (χ0n) is 17.4. The van der Waals surface area contributed by atoms with E-state index in [0.717, 1.165) is 52.2 Å². The second-order valence-electron chi connectivity index (χ2n) is 7.58. The Morgan fingerprint density at radius 1 is 0.935 bits per heavy atom. The summed E-state index contributed by atoms with van der Waals surface area (Å²) in [5, 5.41) is 27.6. The molecule has 0 unspecified atom stereocenters. The fraction of sp³-hybridized carbons (Fsp3) is 0.292. The summed E-state index contributed by atoms with van der Waals surface area (Å²) < 4.78 is 12.7. The Morgan fingerprint density at radius 2 is 1.61 bits per heavy atom.